The van der Waals surface area contributed by atoms with Crippen molar-refractivity contribution in [2.75, 3.05) is 6.61 Å². The summed E-state index contributed by atoms with van der Waals surface area (Å²) in [4.78, 5) is 0. The molecule has 1 unspecified atom stereocenters. The van der Waals surface area contributed by atoms with Crippen LogP contribution in [0.4, 0.5) is 4.39 Å². The van der Waals surface area contributed by atoms with Gasteiger partial charge in [0.05, 0.1) is 17.7 Å². The highest BCUT2D eigenvalue weighted by Crippen LogP contribution is 2.31. The maximum atomic E-state index is 13.2. The molecule has 0 saturated carbocycles. The summed E-state index contributed by atoms with van der Waals surface area (Å²) in [6.07, 6.45) is 0. The monoisotopic (exact) mass is 267 g/mol. The van der Waals surface area contributed by atoms with Gasteiger partial charge in [-0.1, -0.05) is 11.6 Å². The zero-order chi connectivity index (χ0) is 10.0. The Hall–Kier alpha value is -0.160. The predicted octanol–water partition coefficient (Wildman–Crippen LogP) is 2.23. The normalized spacial score (nSPS) is 13.0. The molecule has 1 aromatic carbocycles. The summed E-state index contributed by atoms with van der Waals surface area (Å²) < 4.78 is 13.7. The summed E-state index contributed by atoms with van der Waals surface area (Å²) in [6.45, 7) is -0.340. The first-order chi connectivity index (χ1) is 6.07. The molecule has 0 aliphatic heterocycles. The molecule has 0 saturated heterocycles. The van der Waals surface area contributed by atoms with E-state index in [0.717, 1.165) is 0 Å². The van der Waals surface area contributed by atoms with E-state index in [9.17, 15) is 4.39 Å². The maximum Gasteiger partial charge on any atom is 0.129 e. The molecule has 1 aromatic rings. The molecule has 0 amide bonds. The van der Waals surface area contributed by atoms with Gasteiger partial charge in [0.25, 0.3) is 0 Å². The molecule has 72 valence electrons. The highest BCUT2D eigenvalue weighted by Gasteiger charge is 2.16. The molecule has 1 rings (SSSR count). The third kappa shape index (κ3) is 2.20. The summed E-state index contributed by atoms with van der Waals surface area (Å²) >= 11 is 8.94. The van der Waals surface area contributed by atoms with Crippen molar-refractivity contribution in [2.45, 2.75) is 6.04 Å². The fourth-order valence-electron chi connectivity index (χ4n) is 0.974. The number of aliphatic hydroxyl groups is 1. The van der Waals surface area contributed by atoms with E-state index in [1.165, 1.54) is 12.1 Å². The minimum atomic E-state index is -0.787. The van der Waals surface area contributed by atoms with E-state index >= 15 is 0 Å². The second-order valence-electron chi connectivity index (χ2n) is 2.55. The Morgan fingerprint density at radius 2 is 2.23 bits per heavy atom. The van der Waals surface area contributed by atoms with Gasteiger partial charge < -0.3 is 10.8 Å². The van der Waals surface area contributed by atoms with E-state index in [4.69, 9.17) is 22.4 Å². The van der Waals surface area contributed by atoms with Gasteiger partial charge in [-0.25, -0.2) is 4.39 Å². The van der Waals surface area contributed by atoms with Gasteiger partial charge in [0.2, 0.25) is 0 Å². The SMILES string of the molecule is NC(CO)c1c(F)ccc(Br)c1Cl. The summed E-state index contributed by atoms with van der Waals surface area (Å²) in [5, 5.41) is 8.97. The Morgan fingerprint density at radius 3 is 2.77 bits per heavy atom. The lowest BCUT2D eigenvalue weighted by atomic mass is 10.1. The highest BCUT2D eigenvalue weighted by atomic mass is 79.9. The van der Waals surface area contributed by atoms with Crippen LogP contribution >= 0.6 is 27.5 Å². The Balaban J connectivity index is 3.25. The molecular formula is C8H8BrClFNO. The van der Waals surface area contributed by atoms with E-state index in [-0.39, 0.29) is 17.2 Å². The van der Waals surface area contributed by atoms with Crippen LogP contribution in [0.2, 0.25) is 5.02 Å². The number of benzene rings is 1. The van der Waals surface area contributed by atoms with E-state index < -0.39 is 11.9 Å². The molecular weight excluding hydrogens is 260 g/mol. The Bertz CT molecular complexity index is 321. The Morgan fingerprint density at radius 1 is 1.62 bits per heavy atom. The average Bonchev–Trinajstić information content (AvgIpc) is 2.12. The lowest BCUT2D eigenvalue weighted by molar-refractivity contribution is 0.265. The molecule has 0 heterocycles. The van der Waals surface area contributed by atoms with Crippen molar-refractivity contribution in [3.8, 4) is 0 Å². The van der Waals surface area contributed by atoms with Gasteiger partial charge in [-0.05, 0) is 28.1 Å². The van der Waals surface area contributed by atoms with Crippen LogP contribution in [0.15, 0.2) is 16.6 Å². The summed E-state index contributed by atoms with van der Waals surface area (Å²) in [6, 6.07) is 1.96. The van der Waals surface area contributed by atoms with Gasteiger partial charge in [-0.2, -0.15) is 0 Å². The molecule has 0 bridgehead atoms. The zero-order valence-electron chi connectivity index (χ0n) is 6.60. The summed E-state index contributed by atoms with van der Waals surface area (Å²) in [7, 11) is 0. The van der Waals surface area contributed by atoms with Crippen molar-refractivity contribution < 1.29 is 9.50 Å². The summed E-state index contributed by atoms with van der Waals surface area (Å²) in [5.74, 6) is -0.505. The largest absolute Gasteiger partial charge is 0.394 e. The molecule has 0 aliphatic carbocycles. The van der Waals surface area contributed by atoms with Gasteiger partial charge >= 0.3 is 0 Å². The Labute approximate surface area is 88.6 Å². The first kappa shape index (κ1) is 10.9. The van der Waals surface area contributed by atoms with Crippen LogP contribution in [0.1, 0.15) is 11.6 Å². The number of aliphatic hydroxyl groups excluding tert-OH is 1. The first-order valence-electron chi connectivity index (χ1n) is 3.57. The van der Waals surface area contributed by atoms with Crippen molar-refractivity contribution in [1.82, 2.24) is 0 Å². The lowest BCUT2D eigenvalue weighted by Gasteiger charge is -2.12. The zero-order valence-corrected chi connectivity index (χ0v) is 8.94. The number of hydrogen-bond acceptors (Lipinski definition) is 2. The molecule has 0 aliphatic rings. The van der Waals surface area contributed by atoms with Crippen LogP contribution in [0.25, 0.3) is 0 Å². The minimum absolute atomic E-state index is 0.138. The Kier molecular flexibility index (Phi) is 3.67. The van der Waals surface area contributed by atoms with Gasteiger partial charge in [-0.15, -0.1) is 0 Å². The molecule has 3 N–H and O–H groups in total. The third-order valence-electron chi connectivity index (χ3n) is 1.65. The highest BCUT2D eigenvalue weighted by molar-refractivity contribution is 9.10. The third-order valence-corrected chi connectivity index (χ3v) is 2.94. The van der Waals surface area contributed by atoms with Crippen LogP contribution < -0.4 is 5.73 Å². The average molecular weight is 269 g/mol. The van der Waals surface area contributed by atoms with Crippen molar-refractivity contribution in [3.05, 3.63) is 33.0 Å². The minimum Gasteiger partial charge on any atom is -0.394 e. The summed E-state index contributed by atoms with van der Waals surface area (Å²) in [5.41, 5.74) is 5.61. The van der Waals surface area contributed by atoms with Crippen LogP contribution in [0.5, 0.6) is 0 Å². The van der Waals surface area contributed by atoms with Crippen LogP contribution in [0.3, 0.4) is 0 Å². The first-order valence-corrected chi connectivity index (χ1v) is 4.75. The molecule has 5 heteroatoms. The second kappa shape index (κ2) is 4.37. The van der Waals surface area contributed by atoms with E-state index in [0.29, 0.717) is 4.47 Å². The molecule has 0 aromatic heterocycles. The fourth-order valence-corrected chi connectivity index (χ4v) is 1.61. The molecule has 2 nitrogen and oxygen atoms in total. The van der Waals surface area contributed by atoms with E-state index in [2.05, 4.69) is 15.9 Å². The number of hydrogen-bond donors (Lipinski definition) is 2. The van der Waals surface area contributed by atoms with Crippen LogP contribution in [0, 0.1) is 5.82 Å². The fraction of sp³-hybridized carbons (Fsp3) is 0.250. The molecule has 1 atom stereocenters. The predicted molar refractivity (Wildman–Crippen MR) is 53.1 cm³/mol. The quantitative estimate of drug-likeness (QED) is 0.808. The van der Waals surface area contributed by atoms with Crippen molar-refractivity contribution in [2.24, 2.45) is 5.73 Å². The topological polar surface area (TPSA) is 46.2 Å². The van der Waals surface area contributed by atoms with E-state index in [1.807, 2.05) is 0 Å². The second-order valence-corrected chi connectivity index (χ2v) is 3.78. The molecule has 0 radical (unpaired) electrons. The number of halogens is 3. The van der Waals surface area contributed by atoms with Gasteiger partial charge in [0, 0.05) is 10.0 Å². The van der Waals surface area contributed by atoms with Crippen molar-refractivity contribution in [3.63, 3.8) is 0 Å². The van der Waals surface area contributed by atoms with Gasteiger partial charge in [0.15, 0.2) is 0 Å². The molecule has 13 heavy (non-hydrogen) atoms. The van der Waals surface area contributed by atoms with Crippen LogP contribution in [-0.4, -0.2) is 11.7 Å². The maximum absolute atomic E-state index is 13.2. The molecule has 0 fully saturated rings. The smallest absolute Gasteiger partial charge is 0.129 e. The number of nitrogens with two attached hydrogens (primary N) is 1. The standard InChI is InChI=1S/C8H8BrClFNO/c9-4-1-2-5(11)7(8(4)10)6(12)3-13/h1-2,6,13H,3,12H2. The van der Waals surface area contributed by atoms with Gasteiger partial charge in [-0.3, -0.25) is 0 Å². The van der Waals surface area contributed by atoms with Gasteiger partial charge in [0.1, 0.15) is 5.82 Å². The van der Waals surface area contributed by atoms with Crippen molar-refractivity contribution >= 4 is 27.5 Å². The molecule has 0 spiro atoms. The van der Waals surface area contributed by atoms with Crippen molar-refractivity contribution in [1.29, 1.82) is 0 Å². The van der Waals surface area contributed by atoms with Crippen LogP contribution in [-0.2, 0) is 0 Å². The number of rotatable bonds is 2. The lowest BCUT2D eigenvalue weighted by Crippen LogP contribution is -2.16. The van der Waals surface area contributed by atoms with E-state index in [1.54, 1.807) is 0 Å².